The van der Waals surface area contributed by atoms with Crippen LogP contribution in [0.2, 0.25) is 0 Å². The first kappa shape index (κ1) is 30.0. The molecule has 0 spiro atoms. The number of carbonyl (C=O) groups excluding carboxylic acids is 1. The zero-order valence-corrected chi connectivity index (χ0v) is 24.1. The van der Waals surface area contributed by atoms with Gasteiger partial charge in [0.15, 0.2) is 5.03 Å². The highest BCUT2D eigenvalue weighted by Crippen LogP contribution is 2.29. The van der Waals surface area contributed by atoms with E-state index >= 15 is 0 Å². The molecule has 3 rings (SSSR count). The number of carbonyl (C=O) groups is 1. The minimum atomic E-state index is -4.24. The van der Waals surface area contributed by atoms with Gasteiger partial charge in [-0.3, -0.25) is 4.79 Å². The average molecular weight is 558 g/mol. The summed E-state index contributed by atoms with van der Waals surface area (Å²) in [6.07, 6.45) is 1.59. The summed E-state index contributed by atoms with van der Waals surface area (Å²) < 4.78 is 53.7. The third-order valence-electron chi connectivity index (χ3n) is 6.20. The second-order valence-electron chi connectivity index (χ2n) is 10.6. The summed E-state index contributed by atoms with van der Waals surface area (Å²) in [5, 5.41) is -0.277. The van der Waals surface area contributed by atoms with Gasteiger partial charge in [0.25, 0.3) is 15.9 Å². The fourth-order valence-electron chi connectivity index (χ4n) is 3.44. The van der Waals surface area contributed by atoms with Gasteiger partial charge in [-0.25, -0.2) is 19.1 Å². The van der Waals surface area contributed by atoms with Crippen molar-refractivity contribution in [2.45, 2.75) is 59.4 Å². The second kappa shape index (κ2) is 12.5. The molecular formula is C29H36FN3O5S. The maximum Gasteiger partial charge on any atom is 0.281 e. The molecule has 1 N–H and O–H groups in total. The molecule has 0 aliphatic rings. The van der Waals surface area contributed by atoms with Gasteiger partial charge < -0.3 is 9.47 Å². The van der Waals surface area contributed by atoms with E-state index in [0.29, 0.717) is 35.7 Å². The van der Waals surface area contributed by atoms with Crippen LogP contribution in [-0.2, 0) is 10.0 Å². The van der Waals surface area contributed by atoms with Crippen LogP contribution in [0.1, 0.15) is 63.5 Å². The number of amides is 1. The number of nitrogens with one attached hydrogen (secondary N) is 1. The third kappa shape index (κ3) is 8.48. The zero-order valence-electron chi connectivity index (χ0n) is 23.2. The molecule has 2 heterocycles. The Labute approximate surface area is 230 Å². The summed E-state index contributed by atoms with van der Waals surface area (Å²) in [5.41, 5.74) is 1.18. The van der Waals surface area contributed by atoms with E-state index in [9.17, 15) is 17.6 Å². The van der Waals surface area contributed by atoms with Crippen molar-refractivity contribution in [2.24, 2.45) is 11.3 Å². The molecule has 0 bridgehead atoms. The largest absolute Gasteiger partial charge is 0.493 e. The number of aryl methyl sites for hydroxylation is 1. The molecule has 0 aliphatic heterocycles. The number of halogens is 1. The average Bonchev–Trinajstić information content (AvgIpc) is 2.86. The highest BCUT2D eigenvalue weighted by atomic mass is 32.2. The van der Waals surface area contributed by atoms with E-state index < -0.39 is 21.7 Å². The number of pyridine rings is 2. The molecule has 39 heavy (non-hydrogen) atoms. The van der Waals surface area contributed by atoms with E-state index in [0.717, 1.165) is 6.42 Å². The predicted octanol–water partition coefficient (Wildman–Crippen LogP) is 5.95. The van der Waals surface area contributed by atoms with Crippen LogP contribution < -0.4 is 14.2 Å². The number of aromatic nitrogens is 2. The predicted molar refractivity (Wildman–Crippen MR) is 148 cm³/mol. The van der Waals surface area contributed by atoms with Crippen LogP contribution in [-0.4, -0.2) is 37.5 Å². The van der Waals surface area contributed by atoms with Gasteiger partial charge in [0.1, 0.15) is 17.1 Å². The van der Waals surface area contributed by atoms with Crippen LogP contribution in [0, 0.1) is 24.1 Å². The van der Waals surface area contributed by atoms with E-state index in [1.54, 1.807) is 25.1 Å². The SMILES string of the molecule is CCC(C)(C)CCOc1nc(-c2cc(F)cc(OCC(C)C)c2)ccc1C(=O)NS(=O)(=O)c1cccc(C)n1. The Morgan fingerprint density at radius 1 is 1.08 bits per heavy atom. The first-order chi connectivity index (χ1) is 18.3. The zero-order chi connectivity index (χ0) is 28.8. The van der Waals surface area contributed by atoms with Gasteiger partial charge in [-0.2, -0.15) is 8.42 Å². The minimum absolute atomic E-state index is 0.00851. The smallest absolute Gasteiger partial charge is 0.281 e. The highest BCUT2D eigenvalue weighted by molar-refractivity contribution is 7.90. The summed E-state index contributed by atoms with van der Waals surface area (Å²) in [6.45, 7) is 12.6. The summed E-state index contributed by atoms with van der Waals surface area (Å²) >= 11 is 0. The van der Waals surface area contributed by atoms with Crippen molar-refractivity contribution in [3.05, 3.63) is 65.6 Å². The Balaban J connectivity index is 1.96. The third-order valence-corrected chi connectivity index (χ3v) is 7.43. The standard InChI is InChI=1S/C29H36FN3O5S/c1-7-29(5,6)13-14-37-28-24(27(34)33-39(35,36)26-10-8-9-20(4)31-26)11-12-25(32-28)21-15-22(30)17-23(16-21)38-18-19(2)3/h8-12,15-17,19H,7,13-14,18H2,1-6H3,(H,33,34). The number of benzene rings is 1. The number of hydrogen-bond donors (Lipinski definition) is 1. The normalized spacial score (nSPS) is 11.9. The Kier molecular flexibility index (Phi) is 9.66. The van der Waals surface area contributed by atoms with Crippen molar-refractivity contribution in [3.63, 3.8) is 0 Å². The van der Waals surface area contributed by atoms with Crippen LogP contribution in [0.4, 0.5) is 4.39 Å². The van der Waals surface area contributed by atoms with Gasteiger partial charge in [0, 0.05) is 17.3 Å². The molecule has 3 aromatic rings. The molecule has 1 amide bonds. The van der Waals surface area contributed by atoms with Crippen molar-refractivity contribution >= 4 is 15.9 Å². The molecule has 0 saturated heterocycles. The molecule has 0 atom stereocenters. The Bertz CT molecular complexity index is 1420. The fraction of sp³-hybridized carbons (Fsp3) is 0.414. The van der Waals surface area contributed by atoms with Gasteiger partial charge in [-0.15, -0.1) is 0 Å². The lowest BCUT2D eigenvalue weighted by molar-refractivity contribution is 0.0975. The van der Waals surface area contributed by atoms with Crippen LogP contribution in [0.5, 0.6) is 11.6 Å². The van der Waals surface area contributed by atoms with Gasteiger partial charge in [0.2, 0.25) is 5.88 Å². The maximum absolute atomic E-state index is 14.4. The Morgan fingerprint density at radius 3 is 2.49 bits per heavy atom. The van der Waals surface area contributed by atoms with Crippen LogP contribution in [0.3, 0.4) is 0 Å². The van der Waals surface area contributed by atoms with E-state index in [1.807, 2.05) is 18.6 Å². The first-order valence-electron chi connectivity index (χ1n) is 12.9. The summed E-state index contributed by atoms with van der Waals surface area (Å²) in [4.78, 5) is 21.6. The molecule has 0 radical (unpaired) electrons. The van der Waals surface area contributed by atoms with Crippen molar-refractivity contribution in [3.8, 4) is 22.9 Å². The highest BCUT2D eigenvalue weighted by Gasteiger charge is 2.24. The van der Waals surface area contributed by atoms with Crippen LogP contribution in [0.15, 0.2) is 53.6 Å². The lowest BCUT2D eigenvalue weighted by Crippen LogP contribution is -2.32. The number of rotatable bonds is 12. The quantitative estimate of drug-likeness (QED) is 0.293. The molecule has 1 aromatic carbocycles. The lowest BCUT2D eigenvalue weighted by Gasteiger charge is -2.22. The molecule has 0 fully saturated rings. The van der Waals surface area contributed by atoms with Crippen molar-refractivity contribution < 1.29 is 27.1 Å². The van der Waals surface area contributed by atoms with Gasteiger partial charge in [0.05, 0.1) is 18.9 Å². The molecule has 0 unspecified atom stereocenters. The lowest BCUT2D eigenvalue weighted by atomic mass is 9.87. The Morgan fingerprint density at radius 2 is 1.82 bits per heavy atom. The maximum atomic E-state index is 14.4. The minimum Gasteiger partial charge on any atom is -0.493 e. The summed E-state index contributed by atoms with van der Waals surface area (Å²) in [6, 6.07) is 11.7. The van der Waals surface area contributed by atoms with Crippen molar-refractivity contribution in [1.82, 2.24) is 14.7 Å². The number of hydrogen-bond acceptors (Lipinski definition) is 7. The van der Waals surface area contributed by atoms with Crippen LogP contribution >= 0.6 is 0 Å². The molecule has 10 heteroatoms. The van der Waals surface area contributed by atoms with E-state index in [4.69, 9.17) is 9.47 Å². The first-order valence-corrected chi connectivity index (χ1v) is 14.4. The fourth-order valence-corrected chi connectivity index (χ4v) is 4.42. The number of nitrogens with zero attached hydrogens (tertiary/aromatic N) is 2. The molecule has 0 saturated carbocycles. The summed E-state index contributed by atoms with van der Waals surface area (Å²) in [5.74, 6) is -0.864. The monoisotopic (exact) mass is 557 g/mol. The van der Waals surface area contributed by atoms with Crippen molar-refractivity contribution in [1.29, 1.82) is 0 Å². The molecular weight excluding hydrogens is 521 g/mol. The molecule has 8 nitrogen and oxygen atoms in total. The Hall–Kier alpha value is -3.53. The van der Waals surface area contributed by atoms with Gasteiger partial charge >= 0.3 is 0 Å². The molecule has 2 aromatic heterocycles. The molecule has 0 aliphatic carbocycles. The van der Waals surface area contributed by atoms with E-state index in [-0.39, 0.29) is 34.4 Å². The van der Waals surface area contributed by atoms with E-state index in [2.05, 4.69) is 30.7 Å². The van der Waals surface area contributed by atoms with E-state index in [1.165, 1.54) is 30.3 Å². The van der Waals surface area contributed by atoms with Crippen molar-refractivity contribution in [2.75, 3.05) is 13.2 Å². The topological polar surface area (TPSA) is 107 Å². The van der Waals surface area contributed by atoms with Gasteiger partial charge in [-0.1, -0.05) is 47.1 Å². The second-order valence-corrected chi connectivity index (χ2v) is 12.2. The van der Waals surface area contributed by atoms with Crippen LogP contribution in [0.25, 0.3) is 11.3 Å². The molecule has 210 valence electrons. The number of ether oxygens (including phenoxy) is 2. The van der Waals surface area contributed by atoms with Gasteiger partial charge in [-0.05, 0) is 61.1 Å². The summed E-state index contributed by atoms with van der Waals surface area (Å²) in [7, 11) is -4.24. The number of sulfonamides is 1.